The Morgan fingerprint density at radius 1 is 1.23 bits per heavy atom. The van der Waals surface area contributed by atoms with E-state index in [1.54, 1.807) is 0 Å². The molecule has 4 N–H and O–H groups in total. The van der Waals surface area contributed by atoms with Gasteiger partial charge in [-0.3, -0.25) is 9.69 Å². The summed E-state index contributed by atoms with van der Waals surface area (Å²) in [4.78, 5) is 22.9. The summed E-state index contributed by atoms with van der Waals surface area (Å²) in [6, 6.07) is 3.91. The van der Waals surface area contributed by atoms with Crippen molar-refractivity contribution >= 4 is 46.4 Å². The fraction of sp³-hybridized carbons (Fsp3) is 0.417. The van der Waals surface area contributed by atoms with E-state index >= 15 is 0 Å². The fourth-order valence-corrected chi connectivity index (χ4v) is 4.78. The molecule has 1 aromatic carbocycles. The third kappa shape index (κ3) is 5.25. The zero-order chi connectivity index (χ0) is 28.8. The number of halogens is 4. The van der Waals surface area contributed by atoms with Crippen molar-refractivity contribution in [2.45, 2.75) is 44.1 Å². The molecule has 3 heterocycles. The van der Waals surface area contributed by atoms with E-state index in [-0.39, 0.29) is 58.3 Å². The maximum absolute atomic E-state index is 14.2. The molecular weight excluding hydrogens is 551 g/mol. The van der Waals surface area contributed by atoms with Gasteiger partial charge < -0.3 is 21.3 Å². The number of rotatable bonds is 7. The van der Waals surface area contributed by atoms with Crippen LogP contribution in [0.1, 0.15) is 30.9 Å². The molecule has 1 aliphatic heterocycles. The number of nitrogens with zero attached hydrogens (tertiary/aromatic N) is 8. The minimum Gasteiger partial charge on any atom is -0.368 e. The van der Waals surface area contributed by atoms with Crippen molar-refractivity contribution in [2.75, 3.05) is 35.2 Å². The molecule has 1 amide bonds. The summed E-state index contributed by atoms with van der Waals surface area (Å²) in [6.45, 7) is 0.922. The monoisotopic (exact) mass is 573 g/mol. The second-order valence-electron chi connectivity index (χ2n) is 9.61. The number of aromatic nitrogens is 4. The van der Waals surface area contributed by atoms with E-state index in [4.69, 9.17) is 17.3 Å². The van der Waals surface area contributed by atoms with Gasteiger partial charge in [-0.2, -0.15) is 43.3 Å². The third-order valence-electron chi connectivity index (χ3n) is 6.89. The molecule has 0 radical (unpaired) electrons. The third-order valence-corrected chi connectivity index (χ3v) is 7.28. The highest BCUT2D eigenvalue weighted by Gasteiger charge is 2.48. The van der Waals surface area contributed by atoms with Crippen LogP contribution in [0.5, 0.6) is 0 Å². The number of nitriles is 2. The molecule has 40 heavy (non-hydrogen) atoms. The summed E-state index contributed by atoms with van der Waals surface area (Å²) in [5.41, 5.74) is 5.87. The van der Waals surface area contributed by atoms with Crippen LogP contribution < -0.4 is 21.3 Å². The normalized spacial score (nSPS) is 18.7. The van der Waals surface area contributed by atoms with Gasteiger partial charge in [-0.1, -0.05) is 11.6 Å². The molecule has 2 aromatic heterocycles. The molecule has 16 heteroatoms. The van der Waals surface area contributed by atoms with Gasteiger partial charge in [-0.15, -0.1) is 0 Å². The van der Waals surface area contributed by atoms with Gasteiger partial charge in [-0.05, 0) is 31.9 Å². The number of carbonyl (C=O) groups is 1. The van der Waals surface area contributed by atoms with Gasteiger partial charge in [0.25, 0.3) is 0 Å². The quantitative estimate of drug-likeness (QED) is 0.383. The summed E-state index contributed by atoms with van der Waals surface area (Å²) in [5, 5.41) is 29.3. The first kappa shape index (κ1) is 27.2. The number of nitrogens with two attached hydrogens (primary N) is 1. The van der Waals surface area contributed by atoms with Crippen molar-refractivity contribution in [3.63, 3.8) is 0 Å². The van der Waals surface area contributed by atoms with E-state index in [1.807, 2.05) is 12.1 Å². The number of carbonyl (C=O) groups excluding carboxylic acids is 1. The summed E-state index contributed by atoms with van der Waals surface area (Å²) >= 11 is 6.67. The number of piperazine rings is 1. The van der Waals surface area contributed by atoms with E-state index in [9.17, 15) is 28.5 Å². The van der Waals surface area contributed by atoms with E-state index in [0.29, 0.717) is 5.95 Å². The number of primary amides is 1. The summed E-state index contributed by atoms with van der Waals surface area (Å²) in [7, 11) is 0. The molecule has 5 rings (SSSR count). The summed E-state index contributed by atoms with van der Waals surface area (Å²) < 4.78 is 44.1. The molecule has 1 saturated carbocycles. The first-order valence-electron chi connectivity index (χ1n) is 12.3. The van der Waals surface area contributed by atoms with Crippen LogP contribution in [0, 0.1) is 22.7 Å². The Balaban J connectivity index is 1.53. The molecule has 2 aliphatic rings. The minimum atomic E-state index is -4.68. The number of amides is 1. The predicted octanol–water partition coefficient (Wildman–Crippen LogP) is 2.77. The molecule has 1 saturated heterocycles. The maximum atomic E-state index is 14.2. The Morgan fingerprint density at radius 2 is 1.98 bits per heavy atom. The van der Waals surface area contributed by atoms with Crippen LogP contribution >= 0.6 is 11.6 Å². The number of fused-ring (bicyclic) bond motifs is 1. The highest BCUT2D eigenvalue weighted by Crippen LogP contribution is 2.40. The molecule has 12 nitrogen and oxygen atoms in total. The lowest BCUT2D eigenvalue weighted by Crippen LogP contribution is -2.62. The van der Waals surface area contributed by atoms with Crippen LogP contribution in [0.2, 0.25) is 5.02 Å². The van der Waals surface area contributed by atoms with Gasteiger partial charge in [0.15, 0.2) is 5.65 Å². The molecule has 0 bridgehead atoms. The first-order valence-corrected chi connectivity index (χ1v) is 12.7. The predicted molar refractivity (Wildman–Crippen MR) is 139 cm³/mol. The Morgan fingerprint density at radius 3 is 2.60 bits per heavy atom. The molecule has 208 valence electrons. The van der Waals surface area contributed by atoms with Crippen molar-refractivity contribution in [1.29, 1.82) is 10.5 Å². The van der Waals surface area contributed by atoms with Crippen LogP contribution in [0.15, 0.2) is 18.3 Å². The second kappa shape index (κ2) is 10.3. The zero-order valence-electron chi connectivity index (χ0n) is 21.1. The smallest absolute Gasteiger partial charge is 0.368 e. The molecule has 0 spiro atoms. The highest BCUT2D eigenvalue weighted by atomic mass is 35.5. The lowest BCUT2D eigenvalue weighted by atomic mass is 10.1. The van der Waals surface area contributed by atoms with Gasteiger partial charge in [0.2, 0.25) is 17.8 Å². The largest absolute Gasteiger partial charge is 0.409 e. The van der Waals surface area contributed by atoms with Crippen molar-refractivity contribution in [3.8, 4) is 12.1 Å². The average Bonchev–Trinajstić information content (AvgIpc) is 3.64. The molecule has 3 aromatic rings. The second-order valence-corrected chi connectivity index (χ2v) is 9.99. The van der Waals surface area contributed by atoms with Crippen molar-refractivity contribution < 1.29 is 18.0 Å². The summed E-state index contributed by atoms with van der Waals surface area (Å²) in [6.07, 6.45) is -1.45. The van der Waals surface area contributed by atoms with E-state index in [0.717, 1.165) is 17.7 Å². The Hall–Kier alpha value is -4.34. The highest BCUT2D eigenvalue weighted by molar-refractivity contribution is 6.36. The average molecular weight is 574 g/mol. The van der Waals surface area contributed by atoms with Crippen LogP contribution in [0.3, 0.4) is 0 Å². The van der Waals surface area contributed by atoms with Crippen LogP contribution in [0.4, 0.5) is 36.4 Å². The van der Waals surface area contributed by atoms with Gasteiger partial charge in [-0.25, -0.2) is 0 Å². The van der Waals surface area contributed by atoms with Gasteiger partial charge >= 0.3 is 6.18 Å². The number of alkyl halides is 3. The molecule has 1 aliphatic carbocycles. The number of hydrogen-bond acceptors (Lipinski definition) is 10. The van der Waals surface area contributed by atoms with Crippen molar-refractivity contribution in [3.05, 3.63) is 34.5 Å². The molecule has 2 atom stereocenters. The Labute approximate surface area is 231 Å². The van der Waals surface area contributed by atoms with Crippen molar-refractivity contribution in [2.24, 2.45) is 5.73 Å². The number of hydrogen-bond donors (Lipinski definition) is 3. The van der Waals surface area contributed by atoms with Crippen molar-refractivity contribution in [1.82, 2.24) is 24.5 Å². The maximum Gasteiger partial charge on any atom is 0.409 e. The summed E-state index contributed by atoms with van der Waals surface area (Å²) in [5.74, 6) is -0.403. The van der Waals surface area contributed by atoms with Gasteiger partial charge in [0.05, 0.1) is 40.3 Å². The van der Waals surface area contributed by atoms with Crippen LogP contribution in [-0.2, 0) is 4.79 Å². The lowest BCUT2D eigenvalue weighted by molar-refractivity contribution is -0.159. The standard InChI is InChI=1S/C24H23ClF3N11O/c1-12(20(31)40)37-4-5-38(18(11-37)24(26,27)28)17-7-13(8-29)6-16(19(17)25)34-22-35-21-14(9-30)10-32-39(21)23(36-22)33-15-2-3-15/h6-7,10,12,15,18H,2-5,11H2,1H3,(H2,31,40)(H2,33,34,35,36)/t12-,18+/m0/s1. The molecule has 2 fully saturated rings. The molecule has 0 unspecified atom stereocenters. The zero-order valence-corrected chi connectivity index (χ0v) is 21.8. The van der Waals surface area contributed by atoms with Gasteiger partial charge in [0, 0.05) is 25.7 Å². The number of anilines is 4. The number of benzene rings is 1. The first-order chi connectivity index (χ1) is 19.0. The Bertz CT molecular complexity index is 1560. The fourth-order valence-electron chi connectivity index (χ4n) is 4.51. The van der Waals surface area contributed by atoms with E-state index < -0.39 is 30.7 Å². The van der Waals surface area contributed by atoms with E-state index in [2.05, 4.69) is 25.7 Å². The molecular formula is C24H23ClF3N11O. The Kier molecular flexibility index (Phi) is 7.03. The topological polar surface area (TPSA) is 164 Å². The van der Waals surface area contributed by atoms with Gasteiger partial charge in [0.1, 0.15) is 17.7 Å². The van der Waals surface area contributed by atoms with E-state index in [1.165, 1.54) is 34.7 Å². The lowest BCUT2D eigenvalue weighted by Gasteiger charge is -2.45. The number of nitrogens with one attached hydrogen (secondary N) is 2. The minimum absolute atomic E-state index is 0.00284. The van der Waals surface area contributed by atoms with Crippen LogP contribution in [-0.4, -0.2) is 74.3 Å². The SMILES string of the molecule is C[C@@H](C(N)=O)N1CCN(c2cc(C#N)cc(Nc3nc(NC4CC4)n4ncc(C#N)c4n3)c2Cl)[C@@H](C(F)(F)F)C1. The van der Waals surface area contributed by atoms with Crippen LogP contribution in [0.25, 0.3) is 5.65 Å².